The van der Waals surface area contributed by atoms with Crippen molar-refractivity contribution in [2.24, 2.45) is 0 Å². The second kappa shape index (κ2) is 8.22. The smallest absolute Gasteiger partial charge is 0.239 e. The van der Waals surface area contributed by atoms with Crippen LogP contribution in [0, 0.1) is 6.92 Å². The van der Waals surface area contributed by atoms with Crippen molar-refractivity contribution in [3.8, 4) is 5.75 Å². The van der Waals surface area contributed by atoms with Crippen LogP contribution in [0.2, 0.25) is 0 Å². The number of anilines is 1. The minimum atomic E-state index is -0.000683. The summed E-state index contributed by atoms with van der Waals surface area (Å²) in [6.45, 7) is 5.70. The fourth-order valence-corrected chi connectivity index (χ4v) is 2.48. The highest BCUT2D eigenvalue weighted by Gasteiger charge is 2.11. The number of likely N-dealkylation sites (N-methyl/N-ethyl adjacent to an activating group) is 1. The Hall–Kier alpha value is -2.49. The average Bonchev–Trinajstić information content (AvgIpc) is 2.58. The van der Waals surface area contributed by atoms with Crippen LogP contribution in [0.3, 0.4) is 0 Å². The second-order valence-electron chi connectivity index (χ2n) is 5.44. The topological polar surface area (TPSA) is 41.6 Å². The highest BCUT2D eigenvalue weighted by molar-refractivity contribution is 5.81. The minimum absolute atomic E-state index is 0.000683. The van der Waals surface area contributed by atoms with Gasteiger partial charge in [-0.05, 0) is 37.6 Å². The van der Waals surface area contributed by atoms with Crippen molar-refractivity contribution < 1.29 is 9.53 Å². The molecular weight excluding hydrogens is 288 g/mol. The Bertz CT molecular complexity index is 655. The first-order chi connectivity index (χ1) is 11.1. The summed E-state index contributed by atoms with van der Waals surface area (Å²) < 4.78 is 5.30. The van der Waals surface area contributed by atoms with E-state index in [-0.39, 0.29) is 5.91 Å². The molecule has 0 bridgehead atoms. The number of amides is 1. The molecule has 2 rings (SSSR count). The van der Waals surface area contributed by atoms with Gasteiger partial charge in [-0.3, -0.25) is 4.79 Å². The predicted octanol–water partition coefficient (Wildman–Crippen LogP) is 3.15. The summed E-state index contributed by atoms with van der Waals surface area (Å²) in [5.74, 6) is 0.790. The molecule has 2 aromatic rings. The number of rotatable bonds is 7. The summed E-state index contributed by atoms with van der Waals surface area (Å²) >= 11 is 0. The fraction of sp³-hybridized carbons (Fsp3) is 0.316. The van der Waals surface area contributed by atoms with Crippen molar-refractivity contribution in [1.29, 1.82) is 0 Å². The van der Waals surface area contributed by atoms with E-state index >= 15 is 0 Å². The maximum Gasteiger partial charge on any atom is 0.239 e. The molecule has 0 radical (unpaired) electrons. The maximum absolute atomic E-state index is 12.2. The molecule has 0 aliphatic rings. The second-order valence-corrected chi connectivity index (χ2v) is 5.44. The van der Waals surface area contributed by atoms with Gasteiger partial charge in [0, 0.05) is 24.3 Å². The molecule has 2 aromatic carbocycles. The lowest BCUT2D eigenvalue weighted by Gasteiger charge is -2.23. The highest BCUT2D eigenvalue weighted by Crippen LogP contribution is 2.17. The zero-order chi connectivity index (χ0) is 16.7. The van der Waals surface area contributed by atoms with Gasteiger partial charge in [0.1, 0.15) is 5.75 Å². The number of carbonyl (C=O) groups is 1. The Kier molecular flexibility index (Phi) is 6.03. The van der Waals surface area contributed by atoms with Crippen LogP contribution in [0.4, 0.5) is 5.69 Å². The summed E-state index contributed by atoms with van der Waals surface area (Å²) in [7, 11) is 1.64. The molecule has 0 aliphatic carbocycles. The Balaban J connectivity index is 1.95. The predicted molar refractivity (Wildman–Crippen MR) is 93.9 cm³/mol. The third kappa shape index (κ3) is 4.74. The first kappa shape index (κ1) is 16.9. The number of carbonyl (C=O) groups excluding carboxylic acids is 1. The van der Waals surface area contributed by atoms with E-state index < -0.39 is 0 Å². The lowest BCUT2D eigenvalue weighted by molar-refractivity contribution is -0.119. The number of ether oxygens (including phenoxy) is 1. The number of hydrogen-bond donors (Lipinski definition) is 1. The van der Waals surface area contributed by atoms with Crippen LogP contribution in [0.25, 0.3) is 0 Å². The highest BCUT2D eigenvalue weighted by atomic mass is 16.5. The molecule has 0 heterocycles. The van der Waals surface area contributed by atoms with Gasteiger partial charge in [0.05, 0.1) is 13.7 Å². The van der Waals surface area contributed by atoms with E-state index in [0.717, 1.165) is 23.5 Å². The largest absolute Gasteiger partial charge is 0.496 e. The van der Waals surface area contributed by atoms with E-state index in [4.69, 9.17) is 4.74 Å². The summed E-state index contributed by atoms with van der Waals surface area (Å²) in [6.07, 6.45) is 0. The van der Waals surface area contributed by atoms with Gasteiger partial charge in [-0.1, -0.05) is 30.3 Å². The zero-order valence-corrected chi connectivity index (χ0v) is 14.0. The van der Waals surface area contributed by atoms with Crippen LogP contribution in [0.5, 0.6) is 5.75 Å². The standard InChI is InChI=1S/C19H24N2O2/c1-4-21(17-10-7-8-15(2)12-17)14-19(22)20-13-16-9-5-6-11-18(16)23-3/h5-12H,4,13-14H2,1-3H3,(H,20,22). The molecule has 23 heavy (non-hydrogen) atoms. The summed E-state index contributed by atoms with van der Waals surface area (Å²) in [5.41, 5.74) is 3.23. The van der Waals surface area contributed by atoms with Crippen molar-refractivity contribution in [1.82, 2.24) is 5.32 Å². The number of hydrogen-bond acceptors (Lipinski definition) is 3. The maximum atomic E-state index is 12.2. The van der Waals surface area contributed by atoms with Crippen molar-refractivity contribution in [2.75, 3.05) is 25.1 Å². The van der Waals surface area contributed by atoms with E-state index in [1.165, 1.54) is 5.56 Å². The van der Waals surface area contributed by atoms with Gasteiger partial charge >= 0.3 is 0 Å². The van der Waals surface area contributed by atoms with E-state index in [1.807, 2.05) is 36.4 Å². The number of aryl methyl sites for hydroxylation is 1. The van der Waals surface area contributed by atoms with Crippen LogP contribution in [0.1, 0.15) is 18.1 Å². The molecule has 1 N–H and O–H groups in total. The molecule has 0 saturated carbocycles. The molecule has 4 nitrogen and oxygen atoms in total. The summed E-state index contributed by atoms with van der Waals surface area (Å²) in [6, 6.07) is 15.9. The van der Waals surface area contributed by atoms with Gasteiger partial charge in [0.25, 0.3) is 0 Å². The number of nitrogens with one attached hydrogen (secondary N) is 1. The minimum Gasteiger partial charge on any atom is -0.496 e. The molecule has 122 valence electrons. The normalized spacial score (nSPS) is 10.2. The van der Waals surface area contributed by atoms with Crippen molar-refractivity contribution in [2.45, 2.75) is 20.4 Å². The molecule has 0 aromatic heterocycles. The van der Waals surface area contributed by atoms with Gasteiger partial charge in [-0.2, -0.15) is 0 Å². The lowest BCUT2D eigenvalue weighted by atomic mass is 10.2. The average molecular weight is 312 g/mol. The SMILES string of the molecule is CCN(CC(=O)NCc1ccccc1OC)c1cccc(C)c1. The van der Waals surface area contributed by atoms with E-state index in [2.05, 4.69) is 36.2 Å². The third-order valence-corrected chi connectivity index (χ3v) is 3.75. The molecule has 0 aliphatic heterocycles. The first-order valence-corrected chi connectivity index (χ1v) is 7.84. The van der Waals surface area contributed by atoms with Crippen LogP contribution in [-0.4, -0.2) is 26.1 Å². The Morgan fingerprint density at radius 2 is 1.96 bits per heavy atom. The van der Waals surface area contributed by atoms with E-state index in [9.17, 15) is 4.79 Å². The van der Waals surface area contributed by atoms with Crippen molar-refractivity contribution in [3.05, 3.63) is 59.7 Å². The van der Waals surface area contributed by atoms with Gasteiger partial charge in [-0.15, -0.1) is 0 Å². The molecule has 0 unspecified atom stereocenters. The van der Waals surface area contributed by atoms with Crippen LogP contribution in [-0.2, 0) is 11.3 Å². The van der Waals surface area contributed by atoms with Crippen LogP contribution < -0.4 is 15.0 Å². The fourth-order valence-electron chi connectivity index (χ4n) is 2.48. The molecular formula is C19H24N2O2. The molecule has 0 saturated heterocycles. The lowest BCUT2D eigenvalue weighted by Crippen LogP contribution is -2.37. The van der Waals surface area contributed by atoms with Crippen molar-refractivity contribution in [3.63, 3.8) is 0 Å². The van der Waals surface area contributed by atoms with Gasteiger partial charge in [0.2, 0.25) is 5.91 Å². The third-order valence-electron chi connectivity index (χ3n) is 3.75. The van der Waals surface area contributed by atoms with E-state index in [0.29, 0.717) is 13.1 Å². The Morgan fingerprint density at radius 3 is 2.65 bits per heavy atom. The first-order valence-electron chi connectivity index (χ1n) is 7.84. The number of nitrogens with zero attached hydrogens (tertiary/aromatic N) is 1. The summed E-state index contributed by atoms with van der Waals surface area (Å²) in [4.78, 5) is 14.3. The van der Waals surface area contributed by atoms with Crippen LogP contribution in [0.15, 0.2) is 48.5 Å². The molecule has 1 amide bonds. The number of benzene rings is 2. The van der Waals surface area contributed by atoms with Gasteiger partial charge in [-0.25, -0.2) is 0 Å². The number of methoxy groups -OCH3 is 1. The Morgan fingerprint density at radius 1 is 1.17 bits per heavy atom. The summed E-state index contributed by atoms with van der Waals surface area (Å²) in [5, 5.41) is 2.96. The van der Waals surface area contributed by atoms with Crippen molar-refractivity contribution >= 4 is 11.6 Å². The molecule has 4 heteroatoms. The van der Waals surface area contributed by atoms with Gasteiger partial charge in [0.15, 0.2) is 0 Å². The quantitative estimate of drug-likeness (QED) is 0.854. The molecule has 0 fully saturated rings. The molecule has 0 spiro atoms. The van der Waals surface area contributed by atoms with E-state index in [1.54, 1.807) is 7.11 Å². The van der Waals surface area contributed by atoms with Gasteiger partial charge < -0.3 is 15.0 Å². The van der Waals surface area contributed by atoms with Crippen LogP contribution >= 0.6 is 0 Å². The number of para-hydroxylation sites is 1. The monoisotopic (exact) mass is 312 g/mol. The zero-order valence-electron chi connectivity index (χ0n) is 14.0. The Labute approximate surface area is 138 Å². The molecule has 0 atom stereocenters.